The zero-order valence-corrected chi connectivity index (χ0v) is 25.8. The van der Waals surface area contributed by atoms with E-state index in [0.29, 0.717) is 18.5 Å². The summed E-state index contributed by atoms with van der Waals surface area (Å²) in [4.78, 5) is 34.3. The van der Waals surface area contributed by atoms with Crippen molar-refractivity contribution in [3.05, 3.63) is 70.1 Å². The summed E-state index contributed by atoms with van der Waals surface area (Å²) in [7, 11) is 1.94. The van der Waals surface area contributed by atoms with Crippen LogP contribution in [-0.4, -0.2) is 76.4 Å². The Morgan fingerprint density at radius 3 is 2.57 bits per heavy atom. The zero-order valence-electron chi connectivity index (χ0n) is 25.0. The second-order valence-electron chi connectivity index (χ2n) is 11.6. The Morgan fingerprint density at radius 1 is 1.14 bits per heavy atom. The first kappa shape index (κ1) is 31.4. The van der Waals surface area contributed by atoms with Gasteiger partial charge >= 0.3 is 12.1 Å². The number of hydrogen-bond acceptors (Lipinski definition) is 9. The second-order valence-corrected chi connectivity index (χ2v) is 12.0. The molecule has 44 heavy (non-hydrogen) atoms. The van der Waals surface area contributed by atoms with Crippen LogP contribution in [0.5, 0.6) is 5.88 Å². The molecule has 234 valence electrons. The van der Waals surface area contributed by atoms with E-state index in [2.05, 4.69) is 15.0 Å². The van der Waals surface area contributed by atoms with E-state index in [1.807, 2.05) is 27.8 Å². The van der Waals surface area contributed by atoms with Gasteiger partial charge in [0.25, 0.3) is 0 Å². The van der Waals surface area contributed by atoms with Crippen molar-refractivity contribution in [3.63, 3.8) is 0 Å². The van der Waals surface area contributed by atoms with Crippen molar-refractivity contribution in [1.29, 1.82) is 0 Å². The van der Waals surface area contributed by atoms with E-state index in [4.69, 9.17) is 30.3 Å². The van der Waals surface area contributed by atoms with Crippen LogP contribution in [0.25, 0.3) is 16.8 Å². The van der Waals surface area contributed by atoms with Crippen LogP contribution in [0.4, 0.5) is 13.6 Å². The molecule has 0 radical (unpaired) electrons. The van der Waals surface area contributed by atoms with Gasteiger partial charge in [-0.2, -0.15) is 0 Å². The molecule has 3 aromatic rings. The van der Waals surface area contributed by atoms with Crippen LogP contribution >= 0.6 is 11.6 Å². The number of piperazine rings is 1. The normalized spacial score (nSPS) is 18.8. The second kappa shape index (κ2) is 12.5. The molecule has 1 fully saturated rings. The van der Waals surface area contributed by atoms with E-state index >= 15 is 0 Å². The van der Waals surface area contributed by atoms with Crippen LogP contribution in [0.2, 0.25) is 5.02 Å². The van der Waals surface area contributed by atoms with Gasteiger partial charge in [0.15, 0.2) is 12.4 Å². The number of carbonyl (C=O) groups is 2. The lowest BCUT2D eigenvalue weighted by atomic mass is 9.82. The summed E-state index contributed by atoms with van der Waals surface area (Å²) in [6, 6.07) is 6.32. The topological polar surface area (TPSA) is 107 Å². The maximum Gasteiger partial charge on any atom is 0.410 e. The number of halogens is 3. The number of esters is 1. The lowest BCUT2D eigenvalue weighted by molar-refractivity contribution is -0.140. The minimum Gasteiger partial charge on any atom is -0.469 e. The Labute approximate surface area is 258 Å². The van der Waals surface area contributed by atoms with Crippen molar-refractivity contribution in [2.45, 2.75) is 58.4 Å². The molecule has 4 heterocycles. The Bertz CT molecular complexity index is 1590. The molecule has 2 aromatic heterocycles. The van der Waals surface area contributed by atoms with Crippen molar-refractivity contribution >= 4 is 29.2 Å². The first-order valence-corrected chi connectivity index (χ1v) is 14.5. The van der Waals surface area contributed by atoms with Crippen LogP contribution in [0, 0.1) is 11.6 Å². The predicted molar refractivity (Wildman–Crippen MR) is 157 cm³/mol. The smallest absolute Gasteiger partial charge is 0.410 e. The molecule has 13 heteroatoms. The average molecular weight is 631 g/mol. The first-order valence-electron chi connectivity index (χ1n) is 14.1. The van der Waals surface area contributed by atoms with Gasteiger partial charge in [-0.1, -0.05) is 16.8 Å². The maximum absolute atomic E-state index is 14.3. The fraction of sp³-hybridized carbons (Fsp3) is 0.419. The molecular weight excluding hydrogens is 598 g/mol. The number of rotatable bonds is 7. The van der Waals surface area contributed by atoms with E-state index < -0.39 is 40.4 Å². The van der Waals surface area contributed by atoms with Crippen molar-refractivity contribution in [2.75, 3.05) is 26.7 Å². The lowest BCUT2D eigenvalue weighted by Crippen LogP contribution is -2.62. The highest BCUT2D eigenvalue weighted by Gasteiger charge is 2.45. The number of aromatic nitrogens is 2. The van der Waals surface area contributed by atoms with Crippen LogP contribution in [0.3, 0.4) is 0 Å². The first-order chi connectivity index (χ1) is 20.9. The van der Waals surface area contributed by atoms with E-state index in [1.54, 1.807) is 30.2 Å². The molecule has 1 aromatic carbocycles. The number of likely N-dealkylation sites (N-methyl/N-ethyl adjacent to an activating group) is 1. The van der Waals surface area contributed by atoms with E-state index in [-0.39, 0.29) is 48.7 Å². The highest BCUT2D eigenvalue weighted by molar-refractivity contribution is 6.33. The molecule has 2 aliphatic heterocycles. The fourth-order valence-electron chi connectivity index (χ4n) is 5.37. The summed E-state index contributed by atoms with van der Waals surface area (Å²) in [5.74, 6) is -1.44. The summed E-state index contributed by atoms with van der Waals surface area (Å²) in [5.41, 5.74) is 1.20. The molecule has 0 saturated carbocycles. The molecule has 0 unspecified atom stereocenters. The van der Waals surface area contributed by atoms with Crippen LogP contribution in [-0.2, 0) is 20.9 Å². The van der Waals surface area contributed by atoms with Gasteiger partial charge in [-0.05, 0) is 70.5 Å². The van der Waals surface area contributed by atoms with E-state index in [0.717, 1.165) is 23.3 Å². The average Bonchev–Trinajstić information content (AvgIpc) is 3.42. The van der Waals surface area contributed by atoms with Gasteiger partial charge in [0.05, 0.1) is 28.8 Å². The molecule has 0 aliphatic carbocycles. The van der Waals surface area contributed by atoms with Gasteiger partial charge in [-0.25, -0.2) is 23.4 Å². The fourth-order valence-corrected chi connectivity index (χ4v) is 5.62. The van der Waals surface area contributed by atoms with Gasteiger partial charge in [0.2, 0.25) is 5.88 Å². The third-order valence-corrected chi connectivity index (χ3v) is 7.81. The third-order valence-electron chi connectivity index (χ3n) is 7.44. The molecule has 1 saturated heterocycles. The number of carbonyl (C=O) groups excluding carboxylic acids is 2. The molecule has 10 nitrogen and oxygen atoms in total. The van der Waals surface area contributed by atoms with Gasteiger partial charge in [0, 0.05) is 37.5 Å². The summed E-state index contributed by atoms with van der Waals surface area (Å²) < 4.78 is 50.1. The van der Waals surface area contributed by atoms with Gasteiger partial charge in [-0.3, -0.25) is 4.90 Å². The number of nitrogens with zero attached hydrogens (tertiary/aromatic N) is 4. The standard InChI is InChI=1S/C31H33ClF2N4O6/c1-6-41-29(39)26-20(11-18-14-38(15-24(26)37(18)5)30(40)43-31(2,3)4)17-7-10-25(35-13-17)42-16-19-12-23(36-44-19)27-21(33)8-9-22(34)28(27)32/h7-10,12-13,18,24H,6,11,14-16H2,1-5H3/t18-,24-/m1/s1. The predicted octanol–water partition coefficient (Wildman–Crippen LogP) is 5.89. The third kappa shape index (κ3) is 6.56. The monoisotopic (exact) mass is 630 g/mol. The van der Waals surface area contributed by atoms with Gasteiger partial charge < -0.3 is 23.6 Å². The van der Waals surface area contributed by atoms with Crippen LogP contribution in [0.15, 0.2) is 46.6 Å². The summed E-state index contributed by atoms with van der Waals surface area (Å²) in [6.07, 6.45) is 1.69. The molecule has 0 N–H and O–H groups in total. The van der Waals surface area contributed by atoms with Crippen LogP contribution < -0.4 is 4.74 Å². The Balaban J connectivity index is 1.34. The number of pyridine rings is 1. The van der Waals surface area contributed by atoms with Gasteiger partial charge in [-0.15, -0.1) is 0 Å². The van der Waals surface area contributed by atoms with E-state index in [1.165, 1.54) is 6.07 Å². The van der Waals surface area contributed by atoms with Gasteiger partial charge in [0.1, 0.15) is 22.9 Å². The maximum atomic E-state index is 14.3. The minimum absolute atomic E-state index is 0.0328. The molecule has 5 rings (SSSR count). The Hall–Kier alpha value is -4.03. The molecular formula is C31H33ClF2N4O6. The Kier molecular flexibility index (Phi) is 8.94. The minimum atomic E-state index is -0.775. The SMILES string of the molecule is CCOC(=O)C1=C(c2ccc(OCc3cc(-c4c(F)ccc(F)c4Cl)no3)nc2)C[C@@H]2CN(C(=O)OC(C)(C)C)C[C@H]1N2C. The summed E-state index contributed by atoms with van der Waals surface area (Å²) in [6.45, 7) is 8.04. The highest BCUT2D eigenvalue weighted by Crippen LogP contribution is 2.38. The highest BCUT2D eigenvalue weighted by atomic mass is 35.5. The lowest BCUT2D eigenvalue weighted by Gasteiger charge is -2.49. The number of amides is 1. The Morgan fingerprint density at radius 2 is 1.89 bits per heavy atom. The van der Waals surface area contributed by atoms with Crippen molar-refractivity contribution in [2.24, 2.45) is 0 Å². The van der Waals surface area contributed by atoms with Crippen molar-refractivity contribution in [1.82, 2.24) is 19.9 Å². The molecule has 2 aliphatic rings. The van der Waals surface area contributed by atoms with Crippen LogP contribution in [0.1, 0.15) is 45.4 Å². The number of hydrogen-bond donors (Lipinski definition) is 0. The largest absolute Gasteiger partial charge is 0.469 e. The summed E-state index contributed by atoms with van der Waals surface area (Å²) in [5, 5.41) is 3.40. The quantitative estimate of drug-likeness (QED) is 0.233. The molecule has 1 amide bonds. The molecule has 2 bridgehead atoms. The zero-order chi connectivity index (χ0) is 31.8. The van der Waals surface area contributed by atoms with E-state index in [9.17, 15) is 18.4 Å². The summed E-state index contributed by atoms with van der Waals surface area (Å²) >= 11 is 5.93. The molecule has 2 atom stereocenters. The number of ether oxygens (including phenoxy) is 3. The van der Waals surface area contributed by atoms with Crippen molar-refractivity contribution in [3.8, 4) is 17.1 Å². The van der Waals surface area contributed by atoms with Crippen molar-refractivity contribution < 1.29 is 37.1 Å². The molecule has 0 spiro atoms. The number of benzene rings is 1. The number of fused-ring (bicyclic) bond motifs is 2.